The van der Waals surface area contributed by atoms with E-state index in [9.17, 15) is 0 Å². The third-order valence-electron chi connectivity index (χ3n) is 6.87. The maximum atomic E-state index is 2.25. The van der Waals surface area contributed by atoms with E-state index in [-0.39, 0.29) is 0 Å². The molecule has 0 N–H and O–H groups in total. The summed E-state index contributed by atoms with van der Waals surface area (Å²) < 4.78 is 0. The lowest BCUT2D eigenvalue weighted by atomic mass is 10.1. The van der Waals surface area contributed by atoms with E-state index in [1.807, 2.05) is 22.7 Å². The molecule has 0 aliphatic rings. The largest absolute Gasteiger partial charge is 0.134 e. The fourth-order valence-corrected chi connectivity index (χ4v) is 6.81. The SMILES string of the molecule is Cc1cccc(/C=C/c2ccc(-c3ccc(-c4ccc(-c5ccc(/C=C/c6cccc(C)c6)cc5)s4)s3)cc2)c1. The minimum atomic E-state index is 1.21. The van der Waals surface area contributed by atoms with Crippen molar-refractivity contribution in [2.24, 2.45) is 0 Å². The van der Waals surface area contributed by atoms with Crippen LogP contribution >= 0.6 is 22.7 Å². The van der Waals surface area contributed by atoms with E-state index in [0.717, 1.165) is 0 Å². The Labute approximate surface area is 245 Å². The fourth-order valence-electron chi connectivity index (χ4n) is 4.70. The minimum absolute atomic E-state index is 1.21. The van der Waals surface area contributed by atoms with E-state index in [4.69, 9.17) is 0 Å². The first-order chi connectivity index (χ1) is 19.6. The number of rotatable bonds is 7. The molecular formula is C38H30S2. The van der Waals surface area contributed by atoms with E-state index < -0.39 is 0 Å². The molecule has 0 saturated carbocycles. The van der Waals surface area contributed by atoms with E-state index >= 15 is 0 Å². The zero-order valence-electron chi connectivity index (χ0n) is 22.7. The molecule has 0 fully saturated rings. The highest BCUT2D eigenvalue weighted by molar-refractivity contribution is 7.25. The molecule has 0 unspecified atom stereocenters. The Morgan fingerprint density at radius 2 is 0.750 bits per heavy atom. The quantitative estimate of drug-likeness (QED) is 0.173. The van der Waals surface area contributed by atoms with Gasteiger partial charge in [-0.15, -0.1) is 22.7 Å². The number of benzene rings is 4. The molecule has 0 nitrogen and oxygen atoms in total. The van der Waals surface area contributed by atoms with Crippen molar-refractivity contribution in [1.82, 2.24) is 0 Å². The van der Waals surface area contributed by atoms with E-state index in [1.165, 1.54) is 64.0 Å². The lowest BCUT2D eigenvalue weighted by molar-refractivity contribution is 1.46. The van der Waals surface area contributed by atoms with Gasteiger partial charge in [0, 0.05) is 19.5 Å². The molecule has 2 heterocycles. The van der Waals surface area contributed by atoms with Crippen LogP contribution in [0.5, 0.6) is 0 Å². The summed E-state index contributed by atoms with van der Waals surface area (Å²) in [7, 11) is 0. The summed E-state index contributed by atoms with van der Waals surface area (Å²) in [6.45, 7) is 4.25. The molecule has 2 heteroatoms. The van der Waals surface area contributed by atoms with Crippen LogP contribution < -0.4 is 0 Å². The molecule has 0 amide bonds. The molecule has 0 saturated heterocycles. The Kier molecular flexibility index (Phi) is 7.72. The molecule has 6 rings (SSSR count). The highest BCUT2D eigenvalue weighted by Crippen LogP contribution is 2.40. The van der Waals surface area contributed by atoms with E-state index in [1.54, 1.807) is 0 Å². The van der Waals surface area contributed by atoms with Crippen LogP contribution in [0.4, 0.5) is 0 Å². The lowest BCUT2D eigenvalue weighted by Crippen LogP contribution is -1.76. The third-order valence-corrected chi connectivity index (χ3v) is 9.33. The molecule has 0 atom stereocenters. The van der Waals surface area contributed by atoms with Gasteiger partial charge in [0.05, 0.1) is 0 Å². The van der Waals surface area contributed by atoms with Gasteiger partial charge in [0.2, 0.25) is 0 Å². The predicted octanol–water partition coefficient (Wildman–Crippen LogP) is 11.8. The monoisotopic (exact) mass is 550 g/mol. The van der Waals surface area contributed by atoms with Crippen molar-refractivity contribution in [3.8, 4) is 30.6 Å². The van der Waals surface area contributed by atoms with Crippen LogP contribution in [0.1, 0.15) is 33.4 Å². The molecule has 40 heavy (non-hydrogen) atoms. The Bertz CT molecular complexity index is 1660. The normalized spacial score (nSPS) is 11.6. The zero-order chi connectivity index (χ0) is 27.3. The summed E-state index contributed by atoms with van der Waals surface area (Å²) in [5.74, 6) is 0. The minimum Gasteiger partial charge on any atom is -0.134 e. The van der Waals surface area contributed by atoms with Gasteiger partial charge < -0.3 is 0 Å². The second-order valence-electron chi connectivity index (χ2n) is 10.1. The van der Waals surface area contributed by atoms with Crippen molar-refractivity contribution >= 4 is 47.0 Å². The summed E-state index contributed by atoms with van der Waals surface area (Å²) in [5.41, 5.74) is 9.96. The molecule has 2 aromatic heterocycles. The highest BCUT2D eigenvalue weighted by atomic mass is 32.1. The van der Waals surface area contributed by atoms with Crippen molar-refractivity contribution in [2.75, 3.05) is 0 Å². The van der Waals surface area contributed by atoms with E-state index in [2.05, 4.69) is 159 Å². The van der Waals surface area contributed by atoms with Gasteiger partial charge >= 0.3 is 0 Å². The van der Waals surface area contributed by atoms with Gasteiger partial charge in [-0.25, -0.2) is 0 Å². The standard InChI is InChI=1S/C38H30S2/c1-27-5-3-7-31(25-27)11-9-29-13-17-33(18-14-29)35-21-23-37(39-35)38-24-22-36(40-38)34-19-15-30(16-20-34)10-12-32-8-4-6-28(2)26-32/h3-26H,1-2H3/b11-9+,12-10+. The lowest BCUT2D eigenvalue weighted by Gasteiger charge is -2.00. The smallest absolute Gasteiger partial charge is 0.0449 e. The van der Waals surface area contributed by atoms with Crippen LogP contribution in [0.25, 0.3) is 54.9 Å². The first-order valence-electron chi connectivity index (χ1n) is 13.5. The van der Waals surface area contributed by atoms with Gasteiger partial charge in [0.1, 0.15) is 0 Å². The Morgan fingerprint density at radius 3 is 1.15 bits per heavy atom. The molecule has 0 spiro atoms. The Balaban J connectivity index is 1.12. The predicted molar refractivity (Wildman–Crippen MR) is 179 cm³/mol. The van der Waals surface area contributed by atoms with Crippen LogP contribution in [0.15, 0.2) is 121 Å². The van der Waals surface area contributed by atoms with Gasteiger partial charge in [-0.2, -0.15) is 0 Å². The number of aryl methyl sites for hydroxylation is 2. The number of hydrogen-bond donors (Lipinski definition) is 0. The van der Waals surface area contributed by atoms with Crippen LogP contribution in [0.3, 0.4) is 0 Å². The molecule has 4 aromatic carbocycles. The summed E-state index contributed by atoms with van der Waals surface area (Å²) >= 11 is 3.71. The molecule has 0 bridgehead atoms. The summed E-state index contributed by atoms with van der Waals surface area (Å²) in [6, 6.07) is 43.8. The van der Waals surface area contributed by atoms with Crippen molar-refractivity contribution in [2.45, 2.75) is 13.8 Å². The first-order valence-corrected chi connectivity index (χ1v) is 15.1. The second kappa shape index (κ2) is 11.9. The molecule has 6 aromatic rings. The van der Waals surface area contributed by atoms with Gasteiger partial charge in [-0.05, 0) is 71.5 Å². The molecule has 194 valence electrons. The maximum Gasteiger partial charge on any atom is 0.0449 e. The summed E-state index contributed by atoms with van der Waals surface area (Å²) in [6.07, 6.45) is 8.71. The van der Waals surface area contributed by atoms with Crippen LogP contribution in [-0.4, -0.2) is 0 Å². The molecule has 0 radical (unpaired) electrons. The topological polar surface area (TPSA) is 0 Å². The second-order valence-corrected chi connectivity index (χ2v) is 12.2. The van der Waals surface area contributed by atoms with Gasteiger partial charge in [-0.3, -0.25) is 0 Å². The fraction of sp³-hybridized carbons (Fsp3) is 0.0526. The van der Waals surface area contributed by atoms with Crippen molar-refractivity contribution < 1.29 is 0 Å². The Hall–Kier alpha value is -4.24. The average Bonchev–Trinajstić information content (AvgIpc) is 3.66. The van der Waals surface area contributed by atoms with Gasteiger partial charge in [0.25, 0.3) is 0 Å². The van der Waals surface area contributed by atoms with Crippen molar-refractivity contribution in [3.63, 3.8) is 0 Å². The third kappa shape index (κ3) is 6.31. The summed E-state index contributed by atoms with van der Waals surface area (Å²) in [4.78, 5) is 5.22. The van der Waals surface area contributed by atoms with Crippen LogP contribution in [0.2, 0.25) is 0 Å². The Morgan fingerprint density at radius 1 is 0.375 bits per heavy atom. The van der Waals surface area contributed by atoms with Gasteiger partial charge in [-0.1, -0.05) is 132 Å². The summed E-state index contributed by atoms with van der Waals surface area (Å²) in [5, 5.41) is 0. The first kappa shape index (κ1) is 26.0. The van der Waals surface area contributed by atoms with E-state index in [0.29, 0.717) is 0 Å². The van der Waals surface area contributed by atoms with Crippen molar-refractivity contribution in [3.05, 3.63) is 155 Å². The molecular weight excluding hydrogens is 521 g/mol. The highest BCUT2D eigenvalue weighted by Gasteiger charge is 2.09. The van der Waals surface area contributed by atoms with Crippen LogP contribution in [0, 0.1) is 13.8 Å². The molecule has 0 aliphatic heterocycles. The zero-order valence-corrected chi connectivity index (χ0v) is 24.3. The number of thiophene rings is 2. The van der Waals surface area contributed by atoms with Gasteiger partial charge in [0.15, 0.2) is 0 Å². The van der Waals surface area contributed by atoms with Crippen molar-refractivity contribution in [1.29, 1.82) is 0 Å². The number of hydrogen-bond acceptors (Lipinski definition) is 2. The molecule has 0 aliphatic carbocycles. The maximum absolute atomic E-state index is 2.25. The van der Waals surface area contributed by atoms with Crippen LogP contribution in [-0.2, 0) is 0 Å². The average molecular weight is 551 g/mol.